The van der Waals surface area contributed by atoms with Crippen molar-refractivity contribution in [2.24, 2.45) is 7.05 Å². The van der Waals surface area contributed by atoms with Gasteiger partial charge >= 0.3 is 0 Å². The highest BCUT2D eigenvalue weighted by molar-refractivity contribution is 5.36. The quantitative estimate of drug-likeness (QED) is 0.786. The molecule has 2 rings (SSSR count). The molecule has 5 heteroatoms. The topological polar surface area (TPSA) is 51.1 Å². The van der Waals surface area contributed by atoms with Crippen LogP contribution in [0.1, 0.15) is 12.6 Å². The van der Waals surface area contributed by atoms with Crippen molar-refractivity contribution in [1.82, 2.24) is 15.1 Å². The zero-order chi connectivity index (χ0) is 11.5. The van der Waals surface area contributed by atoms with Gasteiger partial charge in [-0.25, -0.2) is 0 Å². The van der Waals surface area contributed by atoms with Crippen LogP contribution in [0.3, 0.4) is 0 Å². The molecule has 2 atom stereocenters. The number of nitrogens with one attached hydrogen (secondary N) is 2. The van der Waals surface area contributed by atoms with Gasteiger partial charge in [0, 0.05) is 32.7 Å². The lowest BCUT2D eigenvalue weighted by molar-refractivity contribution is -0.0196. The average Bonchev–Trinajstić information content (AvgIpc) is 2.54. The Hall–Kier alpha value is -1.07. The lowest BCUT2D eigenvalue weighted by atomic mass is 10.2. The van der Waals surface area contributed by atoms with Crippen LogP contribution in [0, 0.1) is 6.92 Å². The van der Waals surface area contributed by atoms with Gasteiger partial charge in [-0.05, 0) is 13.8 Å². The average molecular weight is 224 g/mol. The second-order valence-corrected chi connectivity index (χ2v) is 4.40. The van der Waals surface area contributed by atoms with Crippen LogP contribution in [0.15, 0.2) is 6.07 Å². The number of rotatable bonds is 3. The fraction of sp³-hybridized carbons (Fsp3) is 0.727. The first-order chi connectivity index (χ1) is 7.65. The van der Waals surface area contributed by atoms with Crippen LogP contribution in [0.4, 0.5) is 5.82 Å². The lowest BCUT2D eigenvalue weighted by Crippen LogP contribution is -2.46. The maximum absolute atomic E-state index is 5.80. The lowest BCUT2D eigenvalue weighted by Gasteiger charge is -2.29. The number of aryl methyl sites for hydroxylation is 2. The molecule has 0 spiro atoms. The molecule has 90 valence electrons. The summed E-state index contributed by atoms with van der Waals surface area (Å²) in [7, 11) is 1.94. The van der Waals surface area contributed by atoms with Crippen molar-refractivity contribution in [3.05, 3.63) is 11.8 Å². The predicted molar refractivity (Wildman–Crippen MR) is 63.6 cm³/mol. The van der Waals surface area contributed by atoms with E-state index in [1.54, 1.807) is 0 Å². The van der Waals surface area contributed by atoms with Crippen molar-refractivity contribution in [1.29, 1.82) is 0 Å². The van der Waals surface area contributed by atoms with E-state index in [9.17, 15) is 0 Å². The molecule has 1 saturated heterocycles. The van der Waals surface area contributed by atoms with Gasteiger partial charge in [-0.1, -0.05) is 0 Å². The highest BCUT2D eigenvalue weighted by Gasteiger charge is 2.18. The van der Waals surface area contributed by atoms with Crippen LogP contribution in [0.5, 0.6) is 0 Å². The van der Waals surface area contributed by atoms with E-state index in [1.807, 2.05) is 24.7 Å². The summed E-state index contributed by atoms with van der Waals surface area (Å²) in [6.07, 6.45) is 0.535. The Kier molecular flexibility index (Phi) is 3.46. The molecule has 1 aromatic rings. The van der Waals surface area contributed by atoms with Gasteiger partial charge in [-0.3, -0.25) is 4.68 Å². The van der Waals surface area contributed by atoms with Crippen LogP contribution in [0.25, 0.3) is 0 Å². The van der Waals surface area contributed by atoms with Crippen molar-refractivity contribution in [3.8, 4) is 0 Å². The van der Waals surface area contributed by atoms with Gasteiger partial charge in [0.05, 0.1) is 17.9 Å². The smallest absolute Gasteiger partial charge is 0.124 e. The normalized spacial score (nSPS) is 25.7. The molecule has 0 aliphatic carbocycles. The summed E-state index contributed by atoms with van der Waals surface area (Å²) in [5.41, 5.74) is 1.03. The highest BCUT2D eigenvalue weighted by atomic mass is 16.5. The first-order valence-electron chi connectivity index (χ1n) is 5.76. The van der Waals surface area contributed by atoms with E-state index < -0.39 is 0 Å². The largest absolute Gasteiger partial charge is 0.371 e. The molecular formula is C11H20N4O. The van der Waals surface area contributed by atoms with Crippen LogP contribution < -0.4 is 10.6 Å². The molecule has 1 aliphatic rings. The maximum Gasteiger partial charge on any atom is 0.124 e. The summed E-state index contributed by atoms with van der Waals surface area (Å²) in [5.74, 6) is 1.04. The number of hydrogen-bond donors (Lipinski definition) is 2. The third-order valence-corrected chi connectivity index (χ3v) is 2.74. The Morgan fingerprint density at radius 1 is 1.62 bits per heavy atom. The zero-order valence-electron chi connectivity index (χ0n) is 10.2. The van der Waals surface area contributed by atoms with Crippen molar-refractivity contribution in [2.45, 2.75) is 26.1 Å². The first kappa shape index (κ1) is 11.4. The van der Waals surface area contributed by atoms with E-state index in [0.29, 0.717) is 6.10 Å². The Morgan fingerprint density at radius 3 is 3.06 bits per heavy atom. The minimum Gasteiger partial charge on any atom is -0.371 e. The Labute approximate surface area is 96.2 Å². The summed E-state index contributed by atoms with van der Waals surface area (Å²) in [5, 5.41) is 11.0. The first-order valence-corrected chi connectivity index (χ1v) is 5.76. The van der Waals surface area contributed by atoms with E-state index in [2.05, 4.69) is 22.7 Å². The van der Waals surface area contributed by atoms with Gasteiger partial charge in [0.15, 0.2) is 0 Å². The Morgan fingerprint density at radius 2 is 2.44 bits per heavy atom. The predicted octanol–water partition coefficient (Wildman–Crippen LogP) is 0.517. The fourth-order valence-electron chi connectivity index (χ4n) is 1.99. The number of hydrogen-bond acceptors (Lipinski definition) is 4. The third-order valence-electron chi connectivity index (χ3n) is 2.74. The molecule has 1 aromatic heterocycles. The minimum atomic E-state index is 0.235. The molecule has 1 fully saturated rings. The van der Waals surface area contributed by atoms with E-state index in [0.717, 1.165) is 31.1 Å². The number of morpholine rings is 1. The van der Waals surface area contributed by atoms with Gasteiger partial charge in [-0.15, -0.1) is 0 Å². The molecule has 5 nitrogen and oxygen atoms in total. The standard InChI is InChI=1S/C11H20N4O/c1-8-4-11(15(3)14-8)13-7-10-6-12-5-9(2)16-10/h4,9-10,12-13H,5-7H2,1-3H3/t9-,10+/m1/s1. The van der Waals surface area contributed by atoms with Crippen LogP contribution in [0.2, 0.25) is 0 Å². The monoisotopic (exact) mass is 224 g/mol. The van der Waals surface area contributed by atoms with Gasteiger partial charge in [0.25, 0.3) is 0 Å². The molecule has 0 radical (unpaired) electrons. The zero-order valence-corrected chi connectivity index (χ0v) is 10.2. The molecule has 1 aliphatic heterocycles. The second kappa shape index (κ2) is 4.84. The molecule has 0 saturated carbocycles. The van der Waals surface area contributed by atoms with Crippen LogP contribution in [-0.2, 0) is 11.8 Å². The van der Waals surface area contributed by atoms with Gasteiger partial charge in [-0.2, -0.15) is 5.10 Å². The molecule has 0 bridgehead atoms. The summed E-state index contributed by atoms with van der Waals surface area (Å²) in [6, 6.07) is 2.04. The maximum atomic E-state index is 5.80. The molecule has 2 N–H and O–H groups in total. The minimum absolute atomic E-state index is 0.235. The number of anilines is 1. The van der Waals surface area contributed by atoms with Crippen molar-refractivity contribution in [2.75, 3.05) is 25.0 Å². The van der Waals surface area contributed by atoms with Gasteiger partial charge in [0.1, 0.15) is 5.82 Å². The van der Waals surface area contributed by atoms with Crippen molar-refractivity contribution >= 4 is 5.82 Å². The molecule has 0 aromatic carbocycles. The molecular weight excluding hydrogens is 204 g/mol. The molecule has 0 unspecified atom stereocenters. The Bertz CT molecular complexity index is 350. The third kappa shape index (κ3) is 2.74. The summed E-state index contributed by atoms with van der Waals surface area (Å²) in [6.45, 7) is 6.76. The number of aromatic nitrogens is 2. The molecule has 0 amide bonds. The SMILES string of the molecule is Cc1cc(NC[C@@H]2CNC[C@@H](C)O2)n(C)n1. The summed E-state index contributed by atoms with van der Waals surface area (Å²) < 4.78 is 7.66. The second-order valence-electron chi connectivity index (χ2n) is 4.40. The Balaban J connectivity index is 1.85. The van der Waals surface area contributed by atoms with Crippen molar-refractivity contribution < 1.29 is 4.74 Å². The van der Waals surface area contributed by atoms with Gasteiger partial charge < -0.3 is 15.4 Å². The number of nitrogens with zero attached hydrogens (tertiary/aromatic N) is 2. The highest BCUT2D eigenvalue weighted by Crippen LogP contribution is 2.09. The summed E-state index contributed by atoms with van der Waals surface area (Å²) in [4.78, 5) is 0. The van der Waals surface area contributed by atoms with Crippen LogP contribution in [-0.4, -0.2) is 41.6 Å². The van der Waals surface area contributed by atoms with Crippen LogP contribution >= 0.6 is 0 Å². The molecule has 2 heterocycles. The van der Waals surface area contributed by atoms with E-state index in [1.165, 1.54) is 0 Å². The summed E-state index contributed by atoms with van der Waals surface area (Å²) >= 11 is 0. The van der Waals surface area contributed by atoms with Gasteiger partial charge in [0.2, 0.25) is 0 Å². The van der Waals surface area contributed by atoms with E-state index in [-0.39, 0.29) is 6.10 Å². The number of ether oxygens (including phenoxy) is 1. The van der Waals surface area contributed by atoms with Crippen molar-refractivity contribution in [3.63, 3.8) is 0 Å². The van der Waals surface area contributed by atoms with E-state index >= 15 is 0 Å². The molecule has 16 heavy (non-hydrogen) atoms. The van der Waals surface area contributed by atoms with E-state index in [4.69, 9.17) is 4.74 Å². The fourth-order valence-corrected chi connectivity index (χ4v) is 1.99.